The number of carboxylic acid groups (broad SMARTS) is 2. The van der Waals surface area contributed by atoms with Gasteiger partial charge in [0.2, 0.25) is 11.8 Å². The smallest absolute Gasteiger partial charge is 0.358 e. The summed E-state index contributed by atoms with van der Waals surface area (Å²) in [6.07, 6.45) is 11.1. The summed E-state index contributed by atoms with van der Waals surface area (Å²) in [6.45, 7) is 0. The van der Waals surface area contributed by atoms with Crippen LogP contribution in [-0.2, 0) is 29.1 Å². The second-order valence-corrected chi connectivity index (χ2v) is 15.7. The van der Waals surface area contributed by atoms with Gasteiger partial charge in [-0.1, -0.05) is 12.1 Å². The number of para-hydroxylation sites is 2. The van der Waals surface area contributed by atoms with Gasteiger partial charge in [-0.05, 0) is 75.6 Å². The number of methoxy groups -OCH3 is 2. The molecular weight excluding hydrogens is 894 g/mol. The maximum Gasteiger partial charge on any atom is 0.358 e. The van der Waals surface area contributed by atoms with Crippen LogP contribution in [0, 0.1) is 11.8 Å². The van der Waals surface area contributed by atoms with Gasteiger partial charge in [-0.25, -0.2) is 28.9 Å². The Hall–Kier alpha value is -7.42. The third-order valence-corrected chi connectivity index (χ3v) is 10.7. The zero-order valence-electron chi connectivity index (χ0n) is 35.3. The molecule has 22 nitrogen and oxygen atoms in total. The number of nitrogens with zero attached hydrogens (tertiary/aromatic N) is 10. The van der Waals surface area contributed by atoms with E-state index in [2.05, 4.69) is 61.8 Å². The summed E-state index contributed by atoms with van der Waals surface area (Å²) in [5.41, 5.74) is 2.12. The fourth-order valence-corrected chi connectivity index (χ4v) is 6.74. The maximum atomic E-state index is 12.1. The summed E-state index contributed by atoms with van der Waals surface area (Å²) >= 11 is 0. The van der Waals surface area contributed by atoms with Crippen molar-refractivity contribution in [1.29, 1.82) is 0 Å². The first kappa shape index (κ1) is 44.2. The second kappa shape index (κ2) is 18.7. The first-order valence-electron chi connectivity index (χ1n) is 20.6. The van der Waals surface area contributed by atoms with Gasteiger partial charge in [0.15, 0.2) is 46.2 Å². The average molecular weight is 936 g/mol. The number of hydrogen-bond acceptors (Lipinski definition) is 16. The number of nitrogens with one attached hydrogen (secondary N) is 4. The van der Waals surface area contributed by atoms with Gasteiger partial charge in [0, 0.05) is 43.4 Å². The topological polar surface area (TPSA) is 288 Å². The van der Waals surface area contributed by atoms with Gasteiger partial charge in [0.1, 0.15) is 12.7 Å². The fraction of sp³-hybridized carbons (Fsp3) is 0.333. The number of ether oxygens (including phenoxy) is 2. The normalized spacial score (nSPS) is 15.0. The van der Waals surface area contributed by atoms with Crippen molar-refractivity contribution in [3.63, 3.8) is 0 Å². The minimum Gasteiger partial charge on any atom is -0.494 e. The van der Waals surface area contributed by atoms with Gasteiger partial charge < -0.3 is 41.0 Å². The quantitative estimate of drug-likeness (QED) is 0.0631. The van der Waals surface area contributed by atoms with Crippen LogP contribution in [0.3, 0.4) is 0 Å². The zero-order chi connectivity index (χ0) is 44.5. The second-order valence-electron chi connectivity index (χ2n) is 15.7. The monoisotopic (exact) mass is 934 g/mol. The molecule has 0 aliphatic heterocycles. The molecule has 0 bridgehead atoms. The molecule has 6 N–H and O–H groups in total. The Balaban J connectivity index is 0.000000175. The average Bonchev–Trinajstić information content (AvgIpc) is 4.06. The molecule has 6 aromatic rings. The first-order chi connectivity index (χ1) is 31.1. The molecule has 0 saturated heterocycles. The number of anilines is 6. The van der Waals surface area contributed by atoms with Crippen LogP contribution in [0.5, 0.6) is 11.5 Å². The van der Waals surface area contributed by atoms with E-state index in [0.29, 0.717) is 57.7 Å². The molecule has 0 atom stereocenters. The van der Waals surface area contributed by atoms with E-state index in [0.717, 1.165) is 51.4 Å². The molecule has 65 heavy (non-hydrogen) atoms. The van der Waals surface area contributed by atoms with Crippen molar-refractivity contribution in [2.45, 2.75) is 63.5 Å². The van der Waals surface area contributed by atoms with Crippen LogP contribution in [0.25, 0.3) is 22.8 Å². The van der Waals surface area contributed by atoms with Crippen molar-refractivity contribution < 1.29 is 58.3 Å². The molecule has 4 heterocycles. The van der Waals surface area contributed by atoms with E-state index >= 15 is 0 Å². The number of carboxylic acids is 2. The van der Waals surface area contributed by atoms with Gasteiger partial charge >= 0.3 is 11.9 Å². The number of amides is 2. The van der Waals surface area contributed by atoms with Crippen molar-refractivity contribution in [3.05, 3.63) is 72.6 Å². The van der Waals surface area contributed by atoms with Crippen LogP contribution >= 0.6 is 0 Å². The van der Waals surface area contributed by atoms with Crippen LogP contribution in [0.2, 0.25) is 0 Å². The van der Waals surface area contributed by atoms with Gasteiger partial charge in [0.05, 0.1) is 60.2 Å². The molecule has 2 aromatic carbocycles. The summed E-state index contributed by atoms with van der Waals surface area (Å²) in [4.78, 5) is 56.3. The van der Waals surface area contributed by atoms with E-state index in [1.807, 2.05) is 21.5 Å². The van der Waals surface area contributed by atoms with Crippen molar-refractivity contribution >= 4 is 58.1 Å². The Kier molecular flexibility index (Phi) is 12.7. The van der Waals surface area contributed by atoms with Crippen LogP contribution < -0.4 is 30.7 Å². The third-order valence-electron chi connectivity index (χ3n) is 10.7. The zero-order valence-corrected chi connectivity index (χ0v) is 38.2. The molecule has 4 aliphatic carbocycles. The van der Waals surface area contributed by atoms with E-state index in [-0.39, 0.29) is 77.5 Å². The largest absolute Gasteiger partial charge is 0.494 e. The molecule has 2 amide bonds. The molecule has 23 heteroatoms. The van der Waals surface area contributed by atoms with E-state index in [1.165, 1.54) is 26.4 Å². The van der Waals surface area contributed by atoms with Crippen LogP contribution in [0.15, 0.2) is 61.2 Å². The third kappa shape index (κ3) is 10.2. The van der Waals surface area contributed by atoms with E-state index in [1.54, 1.807) is 36.9 Å². The molecule has 4 aliphatic rings. The van der Waals surface area contributed by atoms with Crippen molar-refractivity contribution in [2.75, 3.05) is 35.5 Å². The van der Waals surface area contributed by atoms with Gasteiger partial charge in [-0.2, -0.15) is 10.2 Å². The summed E-state index contributed by atoms with van der Waals surface area (Å²) in [5, 5.41) is 54.9. The molecule has 4 saturated carbocycles. The number of aromatic nitrogens is 10. The van der Waals surface area contributed by atoms with E-state index in [4.69, 9.17) is 9.47 Å². The van der Waals surface area contributed by atoms with E-state index in [9.17, 15) is 29.4 Å². The molecule has 4 fully saturated rings. The minimum atomic E-state index is -1.25. The molecule has 0 spiro atoms. The number of carbonyl (C=O) groups is 4. The molecule has 0 radical (unpaired) electrons. The number of benzene rings is 2. The van der Waals surface area contributed by atoms with Crippen LogP contribution in [0.4, 0.5) is 34.4 Å². The number of hydrogen-bond donors (Lipinski definition) is 6. The van der Waals surface area contributed by atoms with Gasteiger partial charge in [0.25, 0.3) is 0 Å². The van der Waals surface area contributed by atoms with Crippen molar-refractivity contribution in [1.82, 2.24) is 49.9 Å². The van der Waals surface area contributed by atoms with Gasteiger partial charge in [-0.15, -0.1) is 20.4 Å². The first-order valence-corrected chi connectivity index (χ1v) is 20.6. The molecule has 4 aromatic heterocycles. The molecule has 10 rings (SSSR count). The fourth-order valence-electron chi connectivity index (χ4n) is 6.74. The molecule has 330 valence electrons. The van der Waals surface area contributed by atoms with Crippen molar-refractivity contribution in [2.24, 2.45) is 11.8 Å². The number of carbonyl (C=O) groups excluding carboxylic acids is 2. The van der Waals surface area contributed by atoms with E-state index < -0.39 is 11.9 Å². The summed E-state index contributed by atoms with van der Waals surface area (Å²) < 4.78 is 14.9. The number of aromatic carboxylic acids is 2. The van der Waals surface area contributed by atoms with Gasteiger partial charge in [-0.3, -0.25) is 9.59 Å². The van der Waals surface area contributed by atoms with Crippen LogP contribution in [-0.4, -0.2) is 98.1 Å². The van der Waals surface area contributed by atoms with Crippen molar-refractivity contribution in [3.8, 4) is 34.3 Å². The maximum absolute atomic E-state index is 12.1. The predicted octanol–water partition coefficient (Wildman–Crippen LogP) is 5.74. The predicted molar refractivity (Wildman–Crippen MR) is 228 cm³/mol. The minimum absolute atomic E-state index is 0. The Morgan fingerprint density at radius 2 is 0.985 bits per heavy atom. The Morgan fingerprint density at radius 1 is 0.585 bits per heavy atom. The number of rotatable bonds is 16. The molecule has 0 unspecified atom stereocenters. The summed E-state index contributed by atoms with van der Waals surface area (Å²) in [7, 11) is 3.04. The summed E-state index contributed by atoms with van der Waals surface area (Å²) in [5.74, 6) is -0.545. The molecular formula is C42H42N14O8Zn. The Morgan fingerprint density at radius 3 is 1.32 bits per heavy atom. The standard InChI is InChI=1S/2C21H21N7O4.Zn/c2*1-32-18-13(19-22-10-28(27-19)12-7-8-12)3-2-4-14(18)23-15-9-16(24-20(29)11-5-6-11)25-26-17(15)21(30)31;/h2*2-4,9-12H,5-8H2,1H3,(H,30,31)(H2,23,24,25,29);. The Labute approximate surface area is 382 Å². The van der Waals surface area contributed by atoms with Crippen LogP contribution in [0.1, 0.15) is 84.4 Å². The summed E-state index contributed by atoms with van der Waals surface area (Å²) in [6, 6.07) is 14.4. The SMILES string of the molecule is COc1c(Nc2cc(NC(=O)C3CC3)nnc2C(=O)O)cccc1-c1ncn(C2CC2)n1.COc1c(Nc2cc(NC(=O)C3CC3)nnc2C(=O)O)cccc1-c1ncn(C2CC2)n1.[Zn]. The Bertz CT molecular complexity index is 2600.